The molecule has 21 rings (SSSR count). The van der Waals surface area contributed by atoms with Gasteiger partial charge in [-0.1, -0.05) is 254 Å². The van der Waals surface area contributed by atoms with Crippen molar-refractivity contribution in [2.75, 3.05) is 9.80 Å². The molecule has 0 spiro atoms. The molecule has 4 aromatic heterocycles. The Hall–Kier alpha value is -15.6. The van der Waals surface area contributed by atoms with Crippen LogP contribution in [0, 0.1) is 29.6 Å². The molecule has 0 aliphatic carbocycles. The number of benzene rings is 15. The molecule has 2 aliphatic rings. The molecule has 15 aromatic carbocycles. The average Bonchev–Trinajstić information content (AvgIpc) is 1.68. The van der Waals surface area contributed by atoms with Crippen LogP contribution < -0.4 is 50.5 Å². The molecule has 0 bridgehead atoms. The van der Waals surface area contributed by atoms with Gasteiger partial charge in [-0.3, -0.25) is 13.3 Å². The second kappa shape index (κ2) is 29.6. The van der Waals surface area contributed by atoms with Crippen molar-refractivity contribution < 1.29 is 26.4 Å². The van der Waals surface area contributed by atoms with Crippen LogP contribution in [0.1, 0.15) is 22.3 Å². The van der Waals surface area contributed by atoms with Crippen LogP contribution in [0.15, 0.2) is 398 Å². The minimum absolute atomic E-state index is 0.135. The highest BCUT2D eigenvalue weighted by molar-refractivity contribution is 7.19. The SMILES string of the molecule is Cc1ccc(-c2ccc3c4n(c5cccc2c35)[B][n+]2cc(-c3ccc(N(c5ccccc5)c5ccc(/C(C#N)=C(\C#N)c6ccc(N(c7ccccc7)c7ccc(-c8ccc9[n+](c8)B(F)n8c(c%10cccc%11c(-c%12ccc([Si](c%13ccccc%13)(c%13ccccc%13)c%13ccccc%13)cc%12)ccc8c%11%10)=N9)cc7)cc6)cc5)cc3)ccc2N=4)c(C(F)(F)F)c1. The van der Waals surface area contributed by atoms with Gasteiger partial charge < -0.3 is 14.3 Å². The van der Waals surface area contributed by atoms with Crippen LogP contribution in [0.5, 0.6) is 0 Å². The lowest BCUT2D eigenvalue weighted by molar-refractivity contribution is -0.535. The molecule has 0 unspecified atom stereocenters. The molecule has 6 heterocycles. The first-order valence-electron chi connectivity index (χ1n) is 40.0. The summed E-state index contributed by atoms with van der Waals surface area (Å²) in [4.78, 5) is 14.6. The fraction of sp³-hybridized carbons (Fsp3) is 0.0192. The number of para-hydroxylation sites is 2. The topological polar surface area (TPSA) is 96.4 Å². The van der Waals surface area contributed by atoms with Crippen molar-refractivity contribution in [1.82, 2.24) is 8.96 Å². The van der Waals surface area contributed by atoms with Gasteiger partial charge in [0.1, 0.15) is 12.1 Å². The minimum atomic E-state index is -4.53. The number of rotatable bonds is 16. The van der Waals surface area contributed by atoms with Crippen LogP contribution in [0.4, 0.5) is 63.2 Å². The average molecular weight is 1580 g/mol. The van der Waals surface area contributed by atoms with Gasteiger partial charge >= 0.3 is 32.6 Å². The fourth-order valence-corrected chi connectivity index (χ4v) is 22.9. The summed E-state index contributed by atoms with van der Waals surface area (Å²) in [6.45, 7) is 1.67. The lowest BCUT2D eigenvalue weighted by Crippen LogP contribution is -2.74. The first kappa shape index (κ1) is 73.1. The summed E-state index contributed by atoms with van der Waals surface area (Å²) in [6, 6.07) is 131. The first-order valence-corrected chi connectivity index (χ1v) is 42.0. The molecule has 0 atom stereocenters. The molecule has 121 heavy (non-hydrogen) atoms. The van der Waals surface area contributed by atoms with Crippen molar-refractivity contribution in [3.05, 3.63) is 422 Å². The summed E-state index contributed by atoms with van der Waals surface area (Å²) in [5.74, 6) is 1.21. The number of nitriles is 2. The Bertz CT molecular complexity index is 7460. The Balaban J connectivity index is 0.530. The number of hydrogen-bond donors (Lipinski definition) is 0. The summed E-state index contributed by atoms with van der Waals surface area (Å²) in [5, 5.41) is 32.4. The molecule has 0 amide bonds. The summed E-state index contributed by atoms with van der Waals surface area (Å²) in [7, 11) is -2.37. The zero-order valence-electron chi connectivity index (χ0n) is 65.1. The predicted molar refractivity (Wildman–Crippen MR) is 482 cm³/mol. The van der Waals surface area contributed by atoms with Crippen molar-refractivity contribution in [1.29, 1.82) is 10.5 Å². The highest BCUT2D eigenvalue weighted by atomic mass is 28.3. The van der Waals surface area contributed by atoms with E-state index in [1.807, 2.05) is 211 Å². The Labute approximate surface area is 696 Å². The maximum Gasteiger partial charge on any atom is 0.727 e. The van der Waals surface area contributed by atoms with E-state index < -0.39 is 27.1 Å². The Kier molecular flexibility index (Phi) is 17.9. The Morgan fingerprint density at radius 1 is 0.388 bits per heavy atom. The second-order valence-corrected chi connectivity index (χ2v) is 34.4. The van der Waals surface area contributed by atoms with E-state index in [1.54, 1.807) is 34.1 Å². The maximum atomic E-state index is 17.8. The smallest absolute Gasteiger partial charge is 0.311 e. The van der Waals surface area contributed by atoms with Crippen LogP contribution in [-0.2, 0) is 6.18 Å². The van der Waals surface area contributed by atoms with E-state index in [4.69, 9.17) is 9.98 Å². The van der Waals surface area contributed by atoms with Crippen molar-refractivity contribution >= 4 is 144 Å². The van der Waals surface area contributed by atoms with Gasteiger partial charge in [0.25, 0.3) is 0 Å². The van der Waals surface area contributed by atoms with Crippen molar-refractivity contribution in [3.8, 4) is 56.6 Å². The number of pyridine rings is 2. The third-order valence-corrected chi connectivity index (χ3v) is 28.6. The minimum Gasteiger partial charge on any atom is -0.311 e. The molecule has 2 aliphatic heterocycles. The molecular weight excluding hydrogens is 1510 g/mol. The largest absolute Gasteiger partial charge is 0.727 e. The normalized spacial score (nSPS) is 12.5. The molecule has 0 fully saturated rings. The van der Waals surface area contributed by atoms with Crippen molar-refractivity contribution in [2.45, 2.75) is 13.1 Å². The molecule has 19 aromatic rings. The van der Waals surface area contributed by atoms with E-state index in [9.17, 15) is 23.7 Å². The number of aryl methyl sites for hydroxylation is 1. The third kappa shape index (κ3) is 12.4. The predicted octanol–water partition coefficient (Wildman–Crippen LogP) is 21.0. The first-order chi connectivity index (χ1) is 59.4. The molecule has 1 radical (unpaired) electrons. The van der Waals surface area contributed by atoms with E-state index in [-0.39, 0.29) is 16.7 Å². The Morgan fingerprint density at radius 2 is 0.810 bits per heavy atom. The lowest BCUT2D eigenvalue weighted by Gasteiger charge is -2.34. The van der Waals surface area contributed by atoms with Crippen LogP contribution in [-0.4, -0.2) is 31.8 Å². The van der Waals surface area contributed by atoms with Gasteiger partial charge in [0, 0.05) is 79.2 Å². The molecule has 0 saturated heterocycles. The van der Waals surface area contributed by atoms with Gasteiger partial charge in [0.05, 0.1) is 39.9 Å². The van der Waals surface area contributed by atoms with Crippen molar-refractivity contribution in [3.63, 3.8) is 0 Å². The molecule has 0 saturated carbocycles. The van der Waals surface area contributed by atoms with E-state index in [0.717, 1.165) is 105 Å². The monoisotopic (exact) mass is 1580 g/mol. The summed E-state index contributed by atoms with van der Waals surface area (Å²) in [6.07, 6.45) is -0.655. The standard InChI is InChI=1S/C104H67B2F4N10Si/c1-68-33-56-88(95(63-68)104(107,108)109)87-57-58-92-100-90(87)30-18-32-96(100)119-102(92)113-98-61-44-74(66-115(98)105-119)69-34-46-78(47-35-69)117(76-19-7-2-8-20-76)80-50-38-72(39-51-80)93(64-111)94(65-112)73-40-52-81(53-41-73)118(77-21-9-3-10-22-77)79-48-36-70(37-49-79)75-45-62-99-114-103-91-31-17-29-89-86(59-60-97(101(89)91)120(103)106(110)116(99)67-75)71-42-54-85(55-43-71)121(82-23-11-4-12-24-82,83-25-13-5-14-26-83)84-27-15-6-16-28-84/h2-63,66-67H,1H3/q+2/b94-93+. The van der Waals surface area contributed by atoms with Gasteiger partial charge in [-0.15, -0.1) is 0 Å². The molecule has 569 valence electrons. The van der Waals surface area contributed by atoms with Crippen molar-refractivity contribution in [2.24, 2.45) is 9.98 Å². The van der Waals surface area contributed by atoms with E-state index in [1.165, 1.54) is 26.8 Å². The number of nitrogens with zero attached hydrogens (tertiary/aromatic N) is 10. The van der Waals surface area contributed by atoms with Crippen LogP contribution in [0.3, 0.4) is 0 Å². The Morgan fingerprint density at radius 3 is 1.35 bits per heavy atom. The zero-order chi connectivity index (χ0) is 81.6. The van der Waals surface area contributed by atoms with Crippen LogP contribution in [0.25, 0.3) is 99.0 Å². The fourth-order valence-electron chi connectivity index (χ4n) is 18.2. The summed E-state index contributed by atoms with van der Waals surface area (Å²) < 4.78 is 68.7. The van der Waals surface area contributed by atoms with Gasteiger partial charge in [-0.25, -0.2) is 4.48 Å². The van der Waals surface area contributed by atoms with Gasteiger partial charge in [0.15, 0.2) is 8.07 Å². The van der Waals surface area contributed by atoms with E-state index in [0.29, 0.717) is 50.3 Å². The third-order valence-electron chi connectivity index (χ3n) is 23.8. The van der Waals surface area contributed by atoms with Gasteiger partial charge in [-0.2, -0.15) is 23.7 Å². The van der Waals surface area contributed by atoms with Crippen LogP contribution >= 0.6 is 0 Å². The van der Waals surface area contributed by atoms with Crippen LogP contribution in [0.2, 0.25) is 0 Å². The lowest BCUT2D eigenvalue weighted by atomic mass is 9.92. The molecule has 10 nitrogen and oxygen atoms in total. The number of hydrogen-bond acceptors (Lipinski definition) is 6. The van der Waals surface area contributed by atoms with E-state index >= 15 is 4.32 Å². The number of anilines is 6. The highest BCUT2D eigenvalue weighted by Crippen LogP contribution is 2.45. The number of halogens is 4. The number of allylic oxidation sites excluding steroid dienone is 2. The summed E-state index contributed by atoms with van der Waals surface area (Å²) in [5.41, 5.74) is 16.0. The number of fused-ring (bicyclic) bond motifs is 8. The molecule has 0 N–H and O–H groups in total. The van der Waals surface area contributed by atoms with E-state index in [2.05, 4.69) is 192 Å². The quantitative estimate of drug-likeness (QED) is 0.0316. The number of aromatic nitrogens is 4. The van der Waals surface area contributed by atoms with Gasteiger partial charge in [0.2, 0.25) is 11.0 Å². The molecule has 17 heteroatoms. The second-order valence-electron chi connectivity index (χ2n) is 30.6. The number of alkyl halides is 3. The summed E-state index contributed by atoms with van der Waals surface area (Å²) >= 11 is 0. The van der Waals surface area contributed by atoms with Gasteiger partial charge in [-0.05, 0) is 208 Å². The zero-order valence-corrected chi connectivity index (χ0v) is 66.1. The molecular formula is C104H67B2F4N10Si+2. The highest BCUT2D eigenvalue weighted by Gasteiger charge is 2.43. The maximum absolute atomic E-state index is 17.8.